The van der Waals surface area contributed by atoms with Gasteiger partial charge in [-0.3, -0.25) is 4.79 Å². The molecular weight excluding hydrogens is 146 g/mol. The van der Waals surface area contributed by atoms with Crippen molar-refractivity contribution in [3.05, 3.63) is 0 Å². The Morgan fingerprint density at radius 2 is 2.00 bits per heavy atom. The van der Waals surface area contributed by atoms with E-state index < -0.39 is 24.0 Å². The van der Waals surface area contributed by atoms with Gasteiger partial charge in [0.05, 0.1) is 19.1 Å². The van der Waals surface area contributed by atoms with Gasteiger partial charge < -0.3 is 15.6 Å². The molecule has 0 saturated carbocycles. The molecule has 0 radical (unpaired) electrons. The number of nitrogens with two attached hydrogens (primary N) is 1. The lowest BCUT2D eigenvalue weighted by atomic mass is 10.00. The summed E-state index contributed by atoms with van der Waals surface area (Å²) < 4.78 is 4.43. The summed E-state index contributed by atoms with van der Waals surface area (Å²) in [5.74, 6) is -0.991. The lowest BCUT2D eigenvalue weighted by Gasteiger charge is -2.19. The van der Waals surface area contributed by atoms with Crippen LogP contribution in [0.2, 0.25) is 0 Å². The van der Waals surface area contributed by atoms with E-state index in [1.54, 1.807) is 13.8 Å². The molecule has 0 rings (SSSR count). The second kappa shape index (κ2) is 4.31. The normalized spacial score (nSPS) is 18.6. The van der Waals surface area contributed by atoms with Crippen molar-refractivity contribution in [3.8, 4) is 0 Å². The van der Waals surface area contributed by atoms with Crippen molar-refractivity contribution in [1.29, 1.82) is 0 Å². The Labute approximate surface area is 66.3 Å². The van der Waals surface area contributed by atoms with Gasteiger partial charge in [0.25, 0.3) is 0 Å². The van der Waals surface area contributed by atoms with E-state index in [0.717, 1.165) is 0 Å². The molecule has 0 bridgehead atoms. The summed E-state index contributed by atoms with van der Waals surface area (Å²) >= 11 is 0. The molecule has 0 aliphatic carbocycles. The number of hydrogen-bond donors (Lipinski definition) is 2. The van der Waals surface area contributed by atoms with Crippen LogP contribution in [-0.4, -0.2) is 30.3 Å². The molecule has 0 aliphatic rings. The van der Waals surface area contributed by atoms with E-state index in [9.17, 15) is 9.90 Å². The topological polar surface area (TPSA) is 72.5 Å². The molecule has 66 valence electrons. The summed E-state index contributed by atoms with van der Waals surface area (Å²) in [7, 11) is 1.28. The highest BCUT2D eigenvalue weighted by molar-refractivity contribution is 5.72. The van der Waals surface area contributed by atoms with Crippen molar-refractivity contribution in [2.45, 2.75) is 26.0 Å². The van der Waals surface area contributed by atoms with E-state index in [1.807, 2.05) is 0 Å². The highest BCUT2D eigenvalue weighted by Gasteiger charge is 2.25. The van der Waals surface area contributed by atoms with Crippen LogP contribution in [0.5, 0.6) is 0 Å². The molecule has 0 aliphatic heterocycles. The summed E-state index contributed by atoms with van der Waals surface area (Å²) in [6.07, 6.45) is -0.831. The fourth-order valence-electron chi connectivity index (χ4n) is 0.781. The second-order valence-corrected chi connectivity index (χ2v) is 2.66. The minimum atomic E-state index is -0.831. The minimum Gasteiger partial charge on any atom is -0.469 e. The van der Waals surface area contributed by atoms with Crippen LogP contribution in [0, 0.1) is 5.92 Å². The number of carbonyl (C=O) groups is 1. The molecule has 0 fully saturated rings. The third-order valence-electron chi connectivity index (χ3n) is 1.62. The summed E-state index contributed by atoms with van der Waals surface area (Å²) in [4.78, 5) is 10.8. The van der Waals surface area contributed by atoms with Gasteiger partial charge >= 0.3 is 5.97 Å². The number of aliphatic hydroxyl groups is 1. The third-order valence-corrected chi connectivity index (χ3v) is 1.62. The van der Waals surface area contributed by atoms with E-state index >= 15 is 0 Å². The van der Waals surface area contributed by atoms with Crippen molar-refractivity contribution < 1.29 is 14.6 Å². The smallest absolute Gasteiger partial charge is 0.311 e. The maximum Gasteiger partial charge on any atom is 0.311 e. The Bertz CT molecular complexity index is 136. The maximum absolute atomic E-state index is 10.8. The quantitative estimate of drug-likeness (QED) is 0.547. The van der Waals surface area contributed by atoms with E-state index in [2.05, 4.69) is 4.74 Å². The molecular formula is C7H15NO3. The van der Waals surface area contributed by atoms with Crippen LogP contribution in [0.3, 0.4) is 0 Å². The van der Waals surface area contributed by atoms with E-state index in [-0.39, 0.29) is 0 Å². The van der Waals surface area contributed by atoms with Gasteiger partial charge in [-0.1, -0.05) is 0 Å². The van der Waals surface area contributed by atoms with Crippen LogP contribution in [0.1, 0.15) is 13.8 Å². The zero-order valence-corrected chi connectivity index (χ0v) is 7.07. The van der Waals surface area contributed by atoms with Gasteiger partial charge in [-0.2, -0.15) is 0 Å². The fourth-order valence-corrected chi connectivity index (χ4v) is 0.781. The Morgan fingerprint density at radius 3 is 2.27 bits per heavy atom. The first-order valence-electron chi connectivity index (χ1n) is 3.52. The molecule has 0 aromatic heterocycles. The van der Waals surface area contributed by atoms with Gasteiger partial charge in [-0.25, -0.2) is 0 Å². The van der Waals surface area contributed by atoms with E-state index in [4.69, 9.17) is 5.73 Å². The van der Waals surface area contributed by atoms with E-state index in [1.165, 1.54) is 7.11 Å². The van der Waals surface area contributed by atoms with Gasteiger partial charge in [0.2, 0.25) is 0 Å². The van der Waals surface area contributed by atoms with Crippen LogP contribution < -0.4 is 5.73 Å². The zero-order chi connectivity index (χ0) is 9.02. The summed E-state index contributed by atoms with van der Waals surface area (Å²) in [6, 6.07) is -0.413. The van der Waals surface area contributed by atoms with Crippen molar-refractivity contribution in [3.63, 3.8) is 0 Å². The monoisotopic (exact) mass is 161 g/mol. The first-order valence-corrected chi connectivity index (χ1v) is 3.52. The predicted molar refractivity (Wildman–Crippen MR) is 40.8 cm³/mol. The number of ether oxygens (including phenoxy) is 1. The molecule has 0 aromatic carbocycles. The molecule has 0 aromatic rings. The Kier molecular flexibility index (Phi) is 4.07. The Morgan fingerprint density at radius 1 is 1.55 bits per heavy atom. The lowest BCUT2D eigenvalue weighted by Crippen LogP contribution is -2.40. The number of carbonyl (C=O) groups excluding carboxylic acids is 1. The van der Waals surface area contributed by atoms with Gasteiger partial charge in [-0.15, -0.1) is 0 Å². The minimum absolute atomic E-state index is 0.413. The third kappa shape index (κ3) is 2.86. The number of methoxy groups -OCH3 is 1. The standard InChI is InChI=1S/C7H15NO3/c1-4(7(10)11-3)6(9)5(2)8/h4-6,9H,8H2,1-3H3/t4-,5+,6-/m0/s1. The molecule has 4 nitrogen and oxygen atoms in total. The van der Waals surface area contributed by atoms with Crippen molar-refractivity contribution in [2.24, 2.45) is 11.7 Å². The summed E-state index contributed by atoms with van der Waals surface area (Å²) in [5.41, 5.74) is 5.37. The predicted octanol–water partition coefficient (Wildman–Crippen LogP) is -0.496. The molecule has 0 spiro atoms. The number of hydrogen-bond acceptors (Lipinski definition) is 4. The van der Waals surface area contributed by atoms with Gasteiger partial charge in [0.15, 0.2) is 0 Å². The average Bonchev–Trinajstić information content (AvgIpc) is 2.00. The molecule has 4 heteroatoms. The number of rotatable bonds is 3. The second-order valence-electron chi connectivity index (χ2n) is 2.66. The molecule has 0 saturated heterocycles. The first kappa shape index (κ1) is 10.4. The zero-order valence-electron chi connectivity index (χ0n) is 7.07. The Hall–Kier alpha value is -0.610. The van der Waals surface area contributed by atoms with Crippen molar-refractivity contribution in [2.75, 3.05) is 7.11 Å². The molecule has 0 heterocycles. The molecule has 0 amide bonds. The molecule has 11 heavy (non-hydrogen) atoms. The van der Waals surface area contributed by atoms with Crippen LogP contribution in [0.25, 0.3) is 0 Å². The van der Waals surface area contributed by atoms with Crippen LogP contribution >= 0.6 is 0 Å². The maximum atomic E-state index is 10.8. The summed E-state index contributed by atoms with van der Waals surface area (Å²) in [6.45, 7) is 3.23. The molecule has 0 unspecified atom stereocenters. The van der Waals surface area contributed by atoms with Crippen molar-refractivity contribution >= 4 is 5.97 Å². The van der Waals surface area contributed by atoms with E-state index in [0.29, 0.717) is 0 Å². The molecule has 3 N–H and O–H groups in total. The van der Waals surface area contributed by atoms with Crippen LogP contribution in [0.4, 0.5) is 0 Å². The van der Waals surface area contributed by atoms with Crippen molar-refractivity contribution in [1.82, 2.24) is 0 Å². The highest BCUT2D eigenvalue weighted by atomic mass is 16.5. The van der Waals surface area contributed by atoms with Gasteiger partial charge in [0, 0.05) is 6.04 Å². The average molecular weight is 161 g/mol. The fraction of sp³-hybridized carbons (Fsp3) is 0.857. The first-order chi connectivity index (χ1) is 5.00. The Balaban J connectivity index is 4.01. The van der Waals surface area contributed by atoms with Crippen LogP contribution in [-0.2, 0) is 9.53 Å². The van der Waals surface area contributed by atoms with Crippen LogP contribution in [0.15, 0.2) is 0 Å². The lowest BCUT2D eigenvalue weighted by molar-refractivity contribution is -0.148. The highest BCUT2D eigenvalue weighted by Crippen LogP contribution is 2.07. The summed E-state index contributed by atoms with van der Waals surface area (Å²) in [5, 5.41) is 9.27. The van der Waals surface area contributed by atoms with Gasteiger partial charge in [-0.05, 0) is 13.8 Å². The van der Waals surface area contributed by atoms with Gasteiger partial charge in [0.1, 0.15) is 0 Å². The largest absolute Gasteiger partial charge is 0.469 e. The molecule has 3 atom stereocenters. The number of aliphatic hydroxyl groups excluding tert-OH is 1. The SMILES string of the molecule is COC(=O)[C@@H](C)[C@H](O)[C@@H](C)N. The number of esters is 1.